The van der Waals surface area contributed by atoms with Gasteiger partial charge in [-0.2, -0.15) is 0 Å². The maximum Gasteiger partial charge on any atom is 0.274 e. The Hall–Kier alpha value is -3.06. The topological polar surface area (TPSA) is 74.8 Å². The third-order valence-electron chi connectivity index (χ3n) is 6.85. The van der Waals surface area contributed by atoms with E-state index in [1.165, 1.54) is 0 Å². The molecule has 0 aliphatic rings. The van der Waals surface area contributed by atoms with Crippen LogP contribution in [0.4, 0.5) is 0 Å². The summed E-state index contributed by atoms with van der Waals surface area (Å²) in [5, 5.41) is 0. The van der Waals surface area contributed by atoms with E-state index in [1.54, 1.807) is 11.7 Å². The second-order valence-electron chi connectivity index (χ2n) is 9.62. The molecule has 186 valence electrons. The molecule has 0 radical (unpaired) electrons. The van der Waals surface area contributed by atoms with Gasteiger partial charge in [-0.25, -0.2) is 15.0 Å². The standard InChI is InChI=1S/C28H37N5O2/c1-9-19(15-35-8)32-14-18(7)26-24(32)12-17(6)25(31-26)20-13-23-27(30-21(20)10-2)33(16(4)5)28(34)22(11-3)29-23/h12-14,16,19H,9-11,15H2,1-8H3/t19-/m1/s1. The summed E-state index contributed by atoms with van der Waals surface area (Å²) in [6, 6.07) is 4.57. The fourth-order valence-corrected chi connectivity index (χ4v) is 4.99. The van der Waals surface area contributed by atoms with E-state index < -0.39 is 0 Å². The Balaban J connectivity index is 1.99. The van der Waals surface area contributed by atoms with E-state index in [0.717, 1.165) is 57.5 Å². The zero-order valence-electron chi connectivity index (χ0n) is 22.3. The molecule has 0 saturated carbocycles. The predicted octanol–water partition coefficient (Wildman–Crippen LogP) is 5.73. The predicted molar refractivity (Wildman–Crippen MR) is 142 cm³/mol. The van der Waals surface area contributed by atoms with Crippen molar-refractivity contribution in [2.45, 2.75) is 79.8 Å². The van der Waals surface area contributed by atoms with Crippen molar-refractivity contribution in [3.05, 3.63) is 51.2 Å². The van der Waals surface area contributed by atoms with Crippen LogP contribution >= 0.6 is 0 Å². The summed E-state index contributed by atoms with van der Waals surface area (Å²) in [6.45, 7) is 15.2. The van der Waals surface area contributed by atoms with Gasteiger partial charge in [-0.05, 0) is 70.2 Å². The van der Waals surface area contributed by atoms with Crippen molar-refractivity contribution in [1.82, 2.24) is 24.1 Å². The monoisotopic (exact) mass is 475 g/mol. The molecule has 7 nitrogen and oxygen atoms in total. The van der Waals surface area contributed by atoms with Crippen LogP contribution in [0.15, 0.2) is 23.1 Å². The first-order valence-electron chi connectivity index (χ1n) is 12.7. The van der Waals surface area contributed by atoms with Gasteiger partial charge in [0, 0.05) is 24.9 Å². The second kappa shape index (κ2) is 9.90. The van der Waals surface area contributed by atoms with Crippen LogP contribution in [-0.4, -0.2) is 37.8 Å². The molecule has 0 bridgehead atoms. The Bertz CT molecular complexity index is 1450. The van der Waals surface area contributed by atoms with Crippen molar-refractivity contribution in [1.29, 1.82) is 0 Å². The van der Waals surface area contributed by atoms with Gasteiger partial charge in [0.25, 0.3) is 5.56 Å². The molecule has 0 amide bonds. The molecule has 0 aliphatic heterocycles. The van der Waals surface area contributed by atoms with Crippen LogP contribution in [0.5, 0.6) is 0 Å². The van der Waals surface area contributed by atoms with Gasteiger partial charge < -0.3 is 9.30 Å². The average Bonchev–Trinajstić information content (AvgIpc) is 3.15. The van der Waals surface area contributed by atoms with Gasteiger partial charge in [0.15, 0.2) is 5.65 Å². The van der Waals surface area contributed by atoms with Crippen molar-refractivity contribution < 1.29 is 4.74 Å². The highest BCUT2D eigenvalue weighted by Gasteiger charge is 2.21. The summed E-state index contributed by atoms with van der Waals surface area (Å²) in [4.78, 5) is 27.9. The Morgan fingerprint density at radius 2 is 1.69 bits per heavy atom. The van der Waals surface area contributed by atoms with Crippen LogP contribution in [0.3, 0.4) is 0 Å². The zero-order valence-corrected chi connectivity index (χ0v) is 22.3. The molecule has 0 fully saturated rings. The molecule has 1 atom stereocenters. The Morgan fingerprint density at radius 3 is 2.29 bits per heavy atom. The Kier molecular flexibility index (Phi) is 7.08. The van der Waals surface area contributed by atoms with E-state index in [9.17, 15) is 4.79 Å². The van der Waals surface area contributed by atoms with Crippen LogP contribution in [0.2, 0.25) is 0 Å². The van der Waals surface area contributed by atoms with Gasteiger partial charge in [0.05, 0.1) is 35.1 Å². The van der Waals surface area contributed by atoms with Crippen LogP contribution in [0.1, 0.15) is 75.6 Å². The summed E-state index contributed by atoms with van der Waals surface area (Å²) in [5.41, 5.74) is 9.09. The molecule has 0 aliphatic carbocycles. The Labute approximate surface area is 207 Å². The third-order valence-corrected chi connectivity index (χ3v) is 6.85. The van der Waals surface area contributed by atoms with E-state index in [-0.39, 0.29) is 17.6 Å². The lowest BCUT2D eigenvalue weighted by molar-refractivity contribution is 0.155. The first kappa shape index (κ1) is 25.0. The minimum atomic E-state index is -0.0495. The average molecular weight is 476 g/mol. The third kappa shape index (κ3) is 4.27. The molecule has 0 saturated heterocycles. The number of fused-ring (bicyclic) bond motifs is 2. The smallest absolute Gasteiger partial charge is 0.274 e. The number of pyridine rings is 2. The van der Waals surface area contributed by atoms with Gasteiger partial charge in [-0.1, -0.05) is 20.8 Å². The van der Waals surface area contributed by atoms with Crippen LogP contribution in [-0.2, 0) is 17.6 Å². The quantitative estimate of drug-likeness (QED) is 0.325. The van der Waals surface area contributed by atoms with E-state index in [1.807, 2.05) is 20.8 Å². The lowest BCUT2D eigenvalue weighted by Gasteiger charge is -2.19. The largest absolute Gasteiger partial charge is 0.383 e. The number of aryl methyl sites for hydroxylation is 4. The summed E-state index contributed by atoms with van der Waals surface area (Å²) in [7, 11) is 1.75. The fraction of sp³-hybridized carbons (Fsp3) is 0.500. The molecule has 4 aromatic rings. The molecule has 4 aromatic heterocycles. The number of methoxy groups -OCH3 is 1. The van der Waals surface area contributed by atoms with Gasteiger partial charge in [0.1, 0.15) is 11.2 Å². The van der Waals surface area contributed by atoms with Gasteiger partial charge in [-0.15, -0.1) is 0 Å². The van der Waals surface area contributed by atoms with Crippen LogP contribution < -0.4 is 5.56 Å². The van der Waals surface area contributed by atoms with Crippen molar-refractivity contribution in [2.75, 3.05) is 13.7 Å². The maximum absolute atomic E-state index is 13.0. The van der Waals surface area contributed by atoms with Crippen molar-refractivity contribution >= 4 is 22.2 Å². The highest BCUT2D eigenvalue weighted by molar-refractivity contribution is 5.86. The highest BCUT2D eigenvalue weighted by Crippen LogP contribution is 2.33. The van der Waals surface area contributed by atoms with E-state index in [0.29, 0.717) is 24.4 Å². The molecule has 4 heterocycles. The van der Waals surface area contributed by atoms with Crippen LogP contribution in [0, 0.1) is 13.8 Å². The summed E-state index contributed by atoms with van der Waals surface area (Å²) >= 11 is 0. The fourth-order valence-electron chi connectivity index (χ4n) is 4.99. The minimum absolute atomic E-state index is 0.00130. The molecule has 4 rings (SSSR count). The molecule has 0 N–H and O–H groups in total. The molecular formula is C28H37N5O2. The van der Waals surface area contributed by atoms with Crippen molar-refractivity contribution in [2.24, 2.45) is 0 Å². The Morgan fingerprint density at radius 1 is 0.971 bits per heavy atom. The lowest BCUT2D eigenvalue weighted by Crippen LogP contribution is -2.27. The molecular weight excluding hydrogens is 438 g/mol. The molecule has 0 aromatic carbocycles. The maximum atomic E-state index is 13.0. The van der Waals surface area contributed by atoms with E-state index >= 15 is 0 Å². The van der Waals surface area contributed by atoms with Crippen LogP contribution in [0.25, 0.3) is 33.5 Å². The summed E-state index contributed by atoms with van der Waals surface area (Å²) in [6.07, 6.45) is 4.49. The van der Waals surface area contributed by atoms with Crippen molar-refractivity contribution in [3.63, 3.8) is 0 Å². The normalized spacial score (nSPS) is 12.8. The highest BCUT2D eigenvalue weighted by atomic mass is 16.5. The molecule has 35 heavy (non-hydrogen) atoms. The number of nitrogens with zero attached hydrogens (tertiary/aromatic N) is 5. The number of hydrogen-bond acceptors (Lipinski definition) is 5. The number of rotatable bonds is 8. The lowest BCUT2D eigenvalue weighted by atomic mass is 10.0. The second-order valence-corrected chi connectivity index (χ2v) is 9.62. The van der Waals surface area contributed by atoms with Gasteiger partial charge in [-0.3, -0.25) is 9.36 Å². The van der Waals surface area contributed by atoms with Gasteiger partial charge in [0.2, 0.25) is 0 Å². The first-order valence-corrected chi connectivity index (χ1v) is 12.7. The van der Waals surface area contributed by atoms with E-state index in [2.05, 4.69) is 50.6 Å². The molecule has 0 spiro atoms. The number of aromatic nitrogens is 5. The summed E-state index contributed by atoms with van der Waals surface area (Å²) in [5.74, 6) is 0. The molecule has 7 heteroatoms. The van der Waals surface area contributed by atoms with Crippen molar-refractivity contribution in [3.8, 4) is 11.3 Å². The number of hydrogen-bond donors (Lipinski definition) is 0. The minimum Gasteiger partial charge on any atom is -0.383 e. The SMILES string of the molecule is CCc1nc2c(cc1-c1nc3c(C)cn([C@H](CC)COC)c3cc1C)nc(CC)c(=O)n2C(C)C. The number of ether oxygens (including phenoxy) is 1. The zero-order chi connectivity index (χ0) is 25.4. The van der Waals surface area contributed by atoms with E-state index in [4.69, 9.17) is 19.7 Å². The molecule has 0 unspecified atom stereocenters. The van der Waals surface area contributed by atoms with Gasteiger partial charge >= 0.3 is 0 Å². The summed E-state index contributed by atoms with van der Waals surface area (Å²) < 4.78 is 9.55. The first-order chi connectivity index (χ1) is 16.7.